The lowest BCUT2D eigenvalue weighted by Gasteiger charge is -2.13. The Hall–Kier alpha value is -3.84. The van der Waals surface area contributed by atoms with Crippen LogP contribution in [0.1, 0.15) is 22.8 Å². The first-order valence-electron chi connectivity index (χ1n) is 9.84. The van der Waals surface area contributed by atoms with Crippen molar-refractivity contribution in [1.82, 2.24) is 0 Å². The van der Waals surface area contributed by atoms with Crippen molar-refractivity contribution >= 4 is 40.9 Å². The molecule has 0 bridgehead atoms. The van der Waals surface area contributed by atoms with Crippen molar-refractivity contribution in [2.24, 2.45) is 0 Å². The highest BCUT2D eigenvalue weighted by Gasteiger charge is 2.12. The number of carbonyl (C=O) groups is 3. The summed E-state index contributed by atoms with van der Waals surface area (Å²) < 4.78 is 9.69. The first-order valence-corrected chi connectivity index (χ1v) is 10.2. The third-order valence-corrected chi connectivity index (χ3v) is 4.56. The zero-order valence-corrected chi connectivity index (χ0v) is 18.0. The molecule has 0 radical (unpaired) electrons. The fourth-order valence-electron chi connectivity index (χ4n) is 2.80. The SMILES string of the molecule is CCOC(=O)Oc1ccc(C(=O)Nc2ccccc2NC(=O)Cc2ccc(Cl)cc2)cc1. The van der Waals surface area contributed by atoms with E-state index in [-0.39, 0.29) is 30.6 Å². The molecule has 0 heterocycles. The van der Waals surface area contributed by atoms with Crippen LogP contribution in [0.25, 0.3) is 0 Å². The Kier molecular flexibility index (Phi) is 7.83. The second kappa shape index (κ2) is 11.0. The largest absolute Gasteiger partial charge is 0.513 e. The summed E-state index contributed by atoms with van der Waals surface area (Å²) >= 11 is 5.87. The number of nitrogens with one attached hydrogen (secondary N) is 2. The molecule has 0 atom stereocenters. The van der Waals surface area contributed by atoms with Crippen LogP contribution in [0, 0.1) is 0 Å². The van der Waals surface area contributed by atoms with Crippen LogP contribution < -0.4 is 15.4 Å². The predicted molar refractivity (Wildman–Crippen MR) is 122 cm³/mol. The zero-order chi connectivity index (χ0) is 22.9. The molecular weight excluding hydrogens is 432 g/mol. The average Bonchev–Trinajstić information content (AvgIpc) is 2.77. The maximum absolute atomic E-state index is 12.6. The standard InChI is InChI=1S/C24H21ClN2O5/c1-2-31-24(30)32-19-13-9-17(10-14-19)23(29)27-21-6-4-3-5-20(21)26-22(28)15-16-7-11-18(25)12-8-16/h3-14H,2,15H2,1H3,(H,26,28)(H,27,29). The smallest absolute Gasteiger partial charge is 0.434 e. The molecule has 0 aliphatic carbocycles. The second-order valence-electron chi connectivity index (χ2n) is 6.66. The van der Waals surface area contributed by atoms with Gasteiger partial charge in [0.1, 0.15) is 5.75 Å². The van der Waals surface area contributed by atoms with Gasteiger partial charge in [0.25, 0.3) is 5.91 Å². The van der Waals surface area contributed by atoms with Crippen LogP contribution in [0.5, 0.6) is 5.75 Å². The minimum Gasteiger partial charge on any atom is -0.434 e. The summed E-state index contributed by atoms with van der Waals surface area (Å²) in [6.07, 6.45) is -0.644. The number of hydrogen-bond acceptors (Lipinski definition) is 5. The highest BCUT2D eigenvalue weighted by Crippen LogP contribution is 2.23. The molecule has 0 aliphatic rings. The van der Waals surface area contributed by atoms with E-state index in [1.807, 2.05) is 0 Å². The molecule has 7 nitrogen and oxygen atoms in total. The summed E-state index contributed by atoms with van der Waals surface area (Å²) in [4.78, 5) is 36.4. The molecule has 0 aliphatic heterocycles. The number of rotatable bonds is 7. The summed E-state index contributed by atoms with van der Waals surface area (Å²) in [5, 5.41) is 6.20. The summed E-state index contributed by atoms with van der Waals surface area (Å²) in [6.45, 7) is 1.88. The molecule has 0 saturated carbocycles. The lowest BCUT2D eigenvalue weighted by molar-refractivity contribution is -0.115. The number of anilines is 2. The summed E-state index contributed by atoms with van der Waals surface area (Å²) in [5.74, 6) is -0.351. The van der Waals surface area contributed by atoms with Gasteiger partial charge in [0, 0.05) is 10.6 Å². The van der Waals surface area contributed by atoms with Crippen molar-refractivity contribution in [3.05, 3.63) is 88.9 Å². The summed E-state index contributed by atoms with van der Waals surface area (Å²) in [7, 11) is 0. The number of amides is 2. The Bertz CT molecular complexity index is 1100. The number of halogens is 1. The van der Waals surface area contributed by atoms with Crippen LogP contribution in [-0.2, 0) is 16.0 Å². The van der Waals surface area contributed by atoms with Gasteiger partial charge in [-0.25, -0.2) is 4.79 Å². The van der Waals surface area contributed by atoms with E-state index in [9.17, 15) is 14.4 Å². The molecule has 32 heavy (non-hydrogen) atoms. The van der Waals surface area contributed by atoms with E-state index in [0.29, 0.717) is 22.0 Å². The minimum atomic E-state index is -0.812. The third kappa shape index (κ3) is 6.58. The van der Waals surface area contributed by atoms with Crippen LogP contribution in [0.15, 0.2) is 72.8 Å². The normalized spacial score (nSPS) is 10.2. The van der Waals surface area contributed by atoms with Crippen molar-refractivity contribution in [3.63, 3.8) is 0 Å². The van der Waals surface area contributed by atoms with E-state index in [4.69, 9.17) is 21.1 Å². The fourth-order valence-corrected chi connectivity index (χ4v) is 2.92. The molecule has 8 heteroatoms. The van der Waals surface area contributed by atoms with E-state index in [0.717, 1.165) is 5.56 Å². The minimum absolute atomic E-state index is 0.168. The Morgan fingerprint density at radius 2 is 1.47 bits per heavy atom. The second-order valence-corrected chi connectivity index (χ2v) is 7.10. The zero-order valence-electron chi connectivity index (χ0n) is 17.3. The molecule has 0 saturated heterocycles. The van der Waals surface area contributed by atoms with Gasteiger partial charge in [0.05, 0.1) is 24.4 Å². The molecule has 164 valence electrons. The molecule has 3 aromatic rings. The third-order valence-electron chi connectivity index (χ3n) is 4.31. The number of hydrogen-bond donors (Lipinski definition) is 2. The van der Waals surface area contributed by atoms with Crippen LogP contribution in [-0.4, -0.2) is 24.6 Å². The Balaban J connectivity index is 1.63. The summed E-state index contributed by atoms with van der Waals surface area (Å²) in [5.41, 5.74) is 2.10. The maximum Gasteiger partial charge on any atom is 0.513 e. The van der Waals surface area contributed by atoms with Gasteiger partial charge in [-0.1, -0.05) is 35.9 Å². The topological polar surface area (TPSA) is 93.7 Å². The highest BCUT2D eigenvalue weighted by molar-refractivity contribution is 6.30. The van der Waals surface area contributed by atoms with E-state index < -0.39 is 6.16 Å². The van der Waals surface area contributed by atoms with Gasteiger partial charge in [-0.15, -0.1) is 0 Å². The van der Waals surface area contributed by atoms with Crippen molar-refractivity contribution < 1.29 is 23.9 Å². The van der Waals surface area contributed by atoms with Crippen LogP contribution in [0.3, 0.4) is 0 Å². The molecular formula is C24H21ClN2O5. The molecule has 2 amide bonds. The van der Waals surface area contributed by atoms with Gasteiger partial charge in [-0.05, 0) is 61.0 Å². The monoisotopic (exact) mass is 452 g/mol. The quantitative estimate of drug-likeness (QED) is 0.374. The van der Waals surface area contributed by atoms with Gasteiger partial charge < -0.3 is 20.1 Å². The molecule has 0 spiro atoms. The number of ether oxygens (including phenoxy) is 2. The Morgan fingerprint density at radius 1 is 0.844 bits per heavy atom. The van der Waals surface area contributed by atoms with Crippen LogP contribution in [0.4, 0.5) is 16.2 Å². The highest BCUT2D eigenvalue weighted by atomic mass is 35.5. The van der Waals surface area contributed by atoms with E-state index in [2.05, 4.69) is 10.6 Å². The van der Waals surface area contributed by atoms with Crippen molar-refractivity contribution in [2.75, 3.05) is 17.2 Å². The van der Waals surface area contributed by atoms with Crippen molar-refractivity contribution in [1.29, 1.82) is 0 Å². The fraction of sp³-hybridized carbons (Fsp3) is 0.125. The first-order chi connectivity index (χ1) is 15.4. The van der Waals surface area contributed by atoms with Crippen LogP contribution >= 0.6 is 11.6 Å². The van der Waals surface area contributed by atoms with Gasteiger partial charge in [0.15, 0.2) is 0 Å². The van der Waals surface area contributed by atoms with Gasteiger partial charge >= 0.3 is 6.16 Å². The Morgan fingerprint density at radius 3 is 2.09 bits per heavy atom. The Labute approximate surface area is 190 Å². The lowest BCUT2D eigenvalue weighted by atomic mass is 10.1. The molecule has 0 unspecified atom stereocenters. The van der Waals surface area contributed by atoms with Crippen molar-refractivity contribution in [3.8, 4) is 5.75 Å². The molecule has 0 aromatic heterocycles. The number of benzene rings is 3. The molecule has 2 N–H and O–H groups in total. The maximum atomic E-state index is 12.6. The molecule has 0 fully saturated rings. The lowest BCUT2D eigenvalue weighted by Crippen LogP contribution is -2.18. The molecule has 3 aromatic carbocycles. The van der Waals surface area contributed by atoms with Gasteiger partial charge in [0.2, 0.25) is 5.91 Å². The van der Waals surface area contributed by atoms with Crippen LogP contribution in [0.2, 0.25) is 5.02 Å². The molecule has 3 rings (SSSR count). The number of carbonyl (C=O) groups excluding carboxylic acids is 3. The van der Waals surface area contributed by atoms with Gasteiger partial charge in [-0.2, -0.15) is 0 Å². The van der Waals surface area contributed by atoms with Crippen molar-refractivity contribution in [2.45, 2.75) is 13.3 Å². The van der Waals surface area contributed by atoms with E-state index >= 15 is 0 Å². The predicted octanol–water partition coefficient (Wildman–Crippen LogP) is 5.31. The average molecular weight is 453 g/mol. The van der Waals surface area contributed by atoms with E-state index in [1.165, 1.54) is 24.3 Å². The van der Waals surface area contributed by atoms with E-state index in [1.54, 1.807) is 55.5 Å². The van der Waals surface area contributed by atoms with Gasteiger partial charge in [-0.3, -0.25) is 9.59 Å². The first kappa shape index (κ1) is 22.8. The summed E-state index contributed by atoms with van der Waals surface area (Å²) in [6, 6.07) is 19.9. The number of para-hydroxylation sites is 2.